The molecule has 0 aliphatic rings. The first-order valence-electron chi connectivity index (χ1n) is 12.2. The van der Waals surface area contributed by atoms with E-state index < -0.39 is 5.60 Å². The van der Waals surface area contributed by atoms with Crippen molar-refractivity contribution in [2.24, 2.45) is 0 Å². The van der Waals surface area contributed by atoms with Crippen molar-refractivity contribution in [2.45, 2.75) is 123 Å². The number of allylic oxidation sites excluding steroid dienone is 6. The molecule has 0 saturated carbocycles. The van der Waals surface area contributed by atoms with E-state index in [4.69, 9.17) is 4.74 Å². The highest BCUT2D eigenvalue weighted by Gasteiger charge is 2.23. The Bertz CT molecular complexity index is 523. The summed E-state index contributed by atoms with van der Waals surface area (Å²) in [5.41, 5.74) is 0.734. The van der Waals surface area contributed by atoms with E-state index in [-0.39, 0.29) is 5.97 Å². The highest BCUT2D eigenvalue weighted by molar-refractivity contribution is 5.70. The molecule has 172 valence electrons. The molecule has 2 nitrogen and oxygen atoms in total. The van der Waals surface area contributed by atoms with Gasteiger partial charge in [-0.05, 0) is 78.2 Å². The van der Waals surface area contributed by atoms with Crippen LogP contribution in [-0.4, -0.2) is 11.6 Å². The Labute approximate surface area is 187 Å². The van der Waals surface area contributed by atoms with Gasteiger partial charge in [-0.2, -0.15) is 0 Å². The zero-order valence-electron chi connectivity index (χ0n) is 20.4. The summed E-state index contributed by atoms with van der Waals surface area (Å²) < 4.78 is 5.69. The van der Waals surface area contributed by atoms with Crippen LogP contribution < -0.4 is 0 Å². The molecule has 0 saturated heterocycles. The van der Waals surface area contributed by atoms with Gasteiger partial charge in [0.15, 0.2) is 0 Å². The molecule has 0 aromatic carbocycles. The summed E-state index contributed by atoms with van der Waals surface area (Å²) in [5.74, 6) is -0.0970. The fourth-order valence-corrected chi connectivity index (χ4v) is 3.23. The van der Waals surface area contributed by atoms with Gasteiger partial charge in [0.1, 0.15) is 5.60 Å². The molecule has 0 aromatic heterocycles. The molecule has 1 unspecified atom stereocenters. The quantitative estimate of drug-likeness (QED) is 0.119. The van der Waals surface area contributed by atoms with Crippen LogP contribution in [0.4, 0.5) is 0 Å². The summed E-state index contributed by atoms with van der Waals surface area (Å²) in [6, 6.07) is 0. The second-order valence-corrected chi connectivity index (χ2v) is 8.79. The Morgan fingerprint density at radius 1 is 0.867 bits per heavy atom. The minimum absolute atomic E-state index is 0.0970. The SMILES string of the molecule is C=CC(C)(CCC=C(C)C)OC(=O)CCCCCCCC=CCC=CCCCCC. The highest BCUT2D eigenvalue weighted by atomic mass is 16.6. The van der Waals surface area contributed by atoms with Crippen LogP contribution in [0.3, 0.4) is 0 Å². The molecule has 0 rings (SSSR count). The third kappa shape index (κ3) is 18.5. The maximum absolute atomic E-state index is 12.1. The lowest BCUT2D eigenvalue weighted by atomic mass is 9.99. The fraction of sp³-hybridized carbons (Fsp3) is 0.679. The van der Waals surface area contributed by atoms with Crippen molar-refractivity contribution in [3.8, 4) is 0 Å². The largest absolute Gasteiger partial charge is 0.455 e. The average molecular weight is 417 g/mol. The lowest BCUT2D eigenvalue weighted by molar-refractivity contribution is -0.154. The van der Waals surface area contributed by atoms with Crippen LogP contribution in [0, 0.1) is 0 Å². The molecule has 0 heterocycles. The molecule has 0 bridgehead atoms. The van der Waals surface area contributed by atoms with Gasteiger partial charge in [-0.3, -0.25) is 4.79 Å². The van der Waals surface area contributed by atoms with E-state index in [2.05, 4.69) is 57.7 Å². The summed E-state index contributed by atoms with van der Waals surface area (Å²) in [7, 11) is 0. The predicted molar refractivity (Wildman–Crippen MR) is 133 cm³/mol. The van der Waals surface area contributed by atoms with Crippen LogP contribution in [0.1, 0.15) is 118 Å². The molecule has 0 N–H and O–H groups in total. The normalized spacial score (nSPS) is 13.5. The van der Waals surface area contributed by atoms with E-state index in [0.717, 1.165) is 38.5 Å². The number of rotatable bonds is 19. The minimum atomic E-state index is -0.555. The standard InChI is InChI=1S/C28H48O2/c1-6-8-9-10-11-12-13-14-15-16-17-18-19-20-21-24-27(29)30-28(5,7-2)25-22-23-26(3)4/h7,11-12,14-15,23H,2,6,8-10,13,16-22,24-25H2,1,3-5H3. The second kappa shape index (κ2) is 19.4. The third-order valence-electron chi connectivity index (χ3n) is 5.30. The molecule has 0 amide bonds. The number of hydrogen-bond donors (Lipinski definition) is 0. The van der Waals surface area contributed by atoms with Crippen molar-refractivity contribution in [2.75, 3.05) is 0 Å². The van der Waals surface area contributed by atoms with Crippen molar-refractivity contribution in [3.05, 3.63) is 48.6 Å². The predicted octanol–water partition coefficient (Wildman–Crippen LogP) is 9.03. The Balaban J connectivity index is 3.69. The number of unbranched alkanes of at least 4 members (excludes halogenated alkanes) is 8. The number of hydrogen-bond acceptors (Lipinski definition) is 2. The summed E-state index contributed by atoms with van der Waals surface area (Å²) in [5, 5.41) is 0. The van der Waals surface area contributed by atoms with Crippen LogP contribution in [0.5, 0.6) is 0 Å². The van der Waals surface area contributed by atoms with Gasteiger partial charge in [-0.1, -0.05) is 81.6 Å². The monoisotopic (exact) mass is 416 g/mol. The topological polar surface area (TPSA) is 26.3 Å². The fourth-order valence-electron chi connectivity index (χ4n) is 3.23. The lowest BCUT2D eigenvalue weighted by Crippen LogP contribution is -2.29. The maximum atomic E-state index is 12.1. The van der Waals surface area contributed by atoms with Crippen molar-refractivity contribution in [3.63, 3.8) is 0 Å². The van der Waals surface area contributed by atoms with Gasteiger partial charge in [0.2, 0.25) is 0 Å². The molecule has 0 aliphatic carbocycles. The Kier molecular flexibility index (Phi) is 18.4. The Morgan fingerprint density at radius 2 is 1.47 bits per heavy atom. The van der Waals surface area contributed by atoms with Crippen LogP contribution in [0.25, 0.3) is 0 Å². The van der Waals surface area contributed by atoms with E-state index in [9.17, 15) is 4.79 Å². The molecular formula is C28H48O2. The van der Waals surface area contributed by atoms with Crippen molar-refractivity contribution in [1.29, 1.82) is 0 Å². The summed E-state index contributed by atoms with van der Waals surface area (Å²) in [6.45, 7) is 12.2. The highest BCUT2D eigenvalue weighted by Crippen LogP contribution is 2.21. The van der Waals surface area contributed by atoms with Crippen molar-refractivity contribution < 1.29 is 9.53 Å². The van der Waals surface area contributed by atoms with Gasteiger partial charge in [0, 0.05) is 6.42 Å². The molecule has 0 spiro atoms. The van der Waals surface area contributed by atoms with Gasteiger partial charge in [0.05, 0.1) is 0 Å². The molecule has 30 heavy (non-hydrogen) atoms. The van der Waals surface area contributed by atoms with Crippen molar-refractivity contribution >= 4 is 5.97 Å². The van der Waals surface area contributed by atoms with E-state index in [1.165, 1.54) is 50.5 Å². The van der Waals surface area contributed by atoms with Gasteiger partial charge in [0.25, 0.3) is 0 Å². The van der Waals surface area contributed by atoms with Gasteiger partial charge >= 0.3 is 5.97 Å². The molecule has 0 fully saturated rings. The number of ether oxygens (including phenoxy) is 1. The molecular weight excluding hydrogens is 368 g/mol. The minimum Gasteiger partial charge on any atom is -0.455 e. The summed E-state index contributed by atoms with van der Waals surface area (Å²) >= 11 is 0. The van der Waals surface area contributed by atoms with E-state index >= 15 is 0 Å². The average Bonchev–Trinajstić information content (AvgIpc) is 2.70. The van der Waals surface area contributed by atoms with E-state index in [1.807, 2.05) is 6.92 Å². The van der Waals surface area contributed by atoms with E-state index in [0.29, 0.717) is 6.42 Å². The number of carbonyl (C=O) groups excluding carboxylic acids is 1. The van der Waals surface area contributed by atoms with E-state index in [1.54, 1.807) is 6.08 Å². The first-order chi connectivity index (χ1) is 14.4. The first kappa shape index (κ1) is 28.4. The Hall–Kier alpha value is -1.57. The third-order valence-corrected chi connectivity index (χ3v) is 5.30. The smallest absolute Gasteiger partial charge is 0.306 e. The van der Waals surface area contributed by atoms with Crippen LogP contribution in [0.15, 0.2) is 48.6 Å². The molecule has 0 aliphatic heterocycles. The second-order valence-electron chi connectivity index (χ2n) is 8.79. The summed E-state index contributed by atoms with van der Waals surface area (Å²) in [6.07, 6.45) is 28.4. The summed E-state index contributed by atoms with van der Waals surface area (Å²) in [4.78, 5) is 12.1. The zero-order valence-corrected chi connectivity index (χ0v) is 20.4. The number of carbonyl (C=O) groups is 1. The van der Waals surface area contributed by atoms with Crippen LogP contribution >= 0.6 is 0 Å². The van der Waals surface area contributed by atoms with Crippen LogP contribution in [-0.2, 0) is 9.53 Å². The lowest BCUT2D eigenvalue weighted by Gasteiger charge is -2.25. The Morgan fingerprint density at radius 3 is 2.07 bits per heavy atom. The maximum Gasteiger partial charge on any atom is 0.306 e. The molecule has 0 radical (unpaired) electrons. The molecule has 1 atom stereocenters. The van der Waals surface area contributed by atoms with Gasteiger partial charge in [-0.15, -0.1) is 0 Å². The molecule has 2 heteroatoms. The zero-order chi connectivity index (χ0) is 22.5. The van der Waals surface area contributed by atoms with Crippen molar-refractivity contribution in [1.82, 2.24) is 0 Å². The van der Waals surface area contributed by atoms with Crippen LogP contribution in [0.2, 0.25) is 0 Å². The van der Waals surface area contributed by atoms with Gasteiger partial charge < -0.3 is 4.74 Å². The van der Waals surface area contributed by atoms with Gasteiger partial charge in [-0.25, -0.2) is 0 Å². The first-order valence-corrected chi connectivity index (χ1v) is 12.2. The number of esters is 1. The molecule has 0 aromatic rings.